The van der Waals surface area contributed by atoms with Gasteiger partial charge in [0.05, 0.1) is 0 Å². The number of hydrogen-bond donors (Lipinski definition) is 0. The van der Waals surface area contributed by atoms with Crippen LogP contribution in [0.2, 0.25) is 0 Å². The zero-order valence-electron chi connectivity index (χ0n) is 15.3. The van der Waals surface area contributed by atoms with Crippen molar-refractivity contribution in [2.24, 2.45) is 0 Å². The summed E-state index contributed by atoms with van der Waals surface area (Å²) in [6.07, 6.45) is 0.441. The lowest BCUT2D eigenvalue weighted by molar-refractivity contribution is 0.0714. The Balaban J connectivity index is 1.55. The van der Waals surface area contributed by atoms with E-state index in [2.05, 4.69) is 12.1 Å². The van der Waals surface area contributed by atoms with Crippen molar-refractivity contribution in [3.63, 3.8) is 0 Å². The highest BCUT2D eigenvalue weighted by atomic mass is 19.1. The van der Waals surface area contributed by atoms with E-state index in [9.17, 15) is 9.18 Å². The van der Waals surface area contributed by atoms with E-state index in [1.165, 1.54) is 6.07 Å². The lowest BCUT2D eigenvalue weighted by Gasteiger charge is -2.28. The molecular formula is C23H20FN3O. The van der Waals surface area contributed by atoms with Crippen molar-refractivity contribution in [2.75, 3.05) is 18.0 Å². The maximum absolute atomic E-state index is 14.6. The summed E-state index contributed by atoms with van der Waals surface area (Å²) in [5, 5.41) is 3.72. The van der Waals surface area contributed by atoms with Gasteiger partial charge >= 0.3 is 6.03 Å². The lowest BCUT2D eigenvalue weighted by atomic mass is 10.0. The molecule has 1 atom stereocenters. The average Bonchev–Trinajstić information content (AvgIpc) is 3.32. The van der Waals surface area contributed by atoms with Gasteiger partial charge in [-0.1, -0.05) is 60.7 Å². The first-order chi connectivity index (χ1) is 13.7. The van der Waals surface area contributed by atoms with Crippen LogP contribution < -0.4 is 4.90 Å². The molecule has 0 aromatic heterocycles. The first-order valence-corrected chi connectivity index (χ1v) is 9.51. The van der Waals surface area contributed by atoms with Gasteiger partial charge in [-0.3, -0.25) is 9.91 Å². The highest BCUT2D eigenvalue weighted by molar-refractivity contribution is 5.95. The molecule has 140 valence electrons. The molecule has 1 unspecified atom stereocenters. The Labute approximate surface area is 163 Å². The Morgan fingerprint density at radius 1 is 0.786 bits per heavy atom. The van der Waals surface area contributed by atoms with Gasteiger partial charge in [0.15, 0.2) is 0 Å². The number of nitrogens with zero attached hydrogens (tertiary/aromatic N) is 3. The Morgan fingerprint density at radius 2 is 1.46 bits per heavy atom. The van der Waals surface area contributed by atoms with Gasteiger partial charge in [-0.15, -0.1) is 0 Å². The molecule has 0 radical (unpaired) electrons. The number of carbonyl (C=O) groups is 1. The second-order valence-corrected chi connectivity index (χ2v) is 7.10. The van der Waals surface area contributed by atoms with Gasteiger partial charge in [-0.25, -0.2) is 9.18 Å². The highest BCUT2D eigenvalue weighted by Gasteiger charge is 2.48. The summed E-state index contributed by atoms with van der Waals surface area (Å²) in [7, 11) is 0. The Kier molecular flexibility index (Phi) is 4.10. The summed E-state index contributed by atoms with van der Waals surface area (Å²) in [5.41, 5.74) is 3.50. The third-order valence-electron chi connectivity index (χ3n) is 5.46. The molecule has 0 aliphatic carbocycles. The fourth-order valence-electron chi connectivity index (χ4n) is 4.13. The van der Waals surface area contributed by atoms with Crippen LogP contribution in [0.4, 0.5) is 14.9 Å². The van der Waals surface area contributed by atoms with E-state index in [1.54, 1.807) is 22.0 Å². The molecule has 0 bridgehead atoms. The van der Waals surface area contributed by atoms with E-state index in [0.29, 0.717) is 12.1 Å². The molecule has 0 N–H and O–H groups in total. The Morgan fingerprint density at radius 3 is 2.21 bits per heavy atom. The third-order valence-corrected chi connectivity index (χ3v) is 5.46. The van der Waals surface area contributed by atoms with E-state index in [4.69, 9.17) is 0 Å². The topological polar surface area (TPSA) is 26.8 Å². The van der Waals surface area contributed by atoms with Crippen molar-refractivity contribution in [1.29, 1.82) is 0 Å². The number of anilines is 1. The van der Waals surface area contributed by atoms with Gasteiger partial charge in [0.2, 0.25) is 0 Å². The third kappa shape index (κ3) is 2.67. The molecule has 2 fully saturated rings. The number of rotatable bonds is 3. The smallest absolute Gasteiger partial charge is 0.271 e. The first kappa shape index (κ1) is 17.0. The minimum absolute atomic E-state index is 0.0989. The number of benzene rings is 3. The second kappa shape index (κ2) is 6.77. The fourth-order valence-corrected chi connectivity index (χ4v) is 4.13. The maximum atomic E-state index is 14.6. The van der Waals surface area contributed by atoms with Crippen LogP contribution in [0.25, 0.3) is 11.1 Å². The van der Waals surface area contributed by atoms with Gasteiger partial charge in [-0.05, 0) is 35.7 Å². The number of hydrazine groups is 1. The van der Waals surface area contributed by atoms with Crippen molar-refractivity contribution >= 4 is 11.7 Å². The quantitative estimate of drug-likeness (QED) is 0.642. The molecule has 0 saturated carbocycles. The maximum Gasteiger partial charge on any atom is 0.340 e. The van der Waals surface area contributed by atoms with Crippen molar-refractivity contribution < 1.29 is 9.18 Å². The molecule has 2 aliphatic heterocycles. The van der Waals surface area contributed by atoms with Crippen LogP contribution in [0.1, 0.15) is 18.2 Å². The largest absolute Gasteiger partial charge is 0.340 e. The van der Waals surface area contributed by atoms with Crippen LogP contribution in [0, 0.1) is 5.82 Å². The van der Waals surface area contributed by atoms with Crippen LogP contribution in [0.5, 0.6) is 0 Å². The summed E-state index contributed by atoms with van der Waals surface area (Å²) in [6, 6.07) is 24.6. The summed E-state index contributed by atoms with van der Waals surface area (Å²) in [4.78, 5) is 14.8. The van der Waals surface area contributed by atoms with Crippen LogP contribution in [-0.4, -0.2) is 29.1 Å². The van der Waals surface area contributed by atoms with Crippen LogP contribution in [0.15, 0.2) is 78.9 Å². The molecule has 5 heteroatoms. The second-order valence-electron chi connectivity index (χ2n) is 7.10. The highest BCUT2D eigenvalue weighted by Crippen LogP contribution is 2.41. The normalized spacial score (nSPS) is 19.3. The number of urea groups is 1. The molecular weight excluding hydrogens is 353 g/mol. The number of fused-ring (bicyclic) bond motifs is 1. The fraction of sp³-hybridized carbons (Fsp3) is 0.174. The predicted molar refractivity (Wildman–Crippen MR) is 107 cm³/mol. The lowest BCUT2D eigenvalue weighted by Crippen LogP contribution is -2.32. The number of hydrogen-bond acceptors (Lipinski definition) is 2. The molecule has 3 aromatic carbocycles. The standard InChI is InChI=1S/C23H20FN3O/c24-21-10-5-4-9-20(21)22-25-15-6-16-26(25)23(28)27(22)19-13-11-18(12-14-19)17-7-2-1-3-8-17/h1-5,7-14,22H,6,15-16H2. The van der Waals surface area contributed by atoms with Crippen molar-refractivity contribution in [1.82, 2.24) is 10.0 Å². The van der Waals surface area contributed by atoms with Crippen molar-refractivity contribution in [3.8, 4) is 11.1 Å². The van der Waals surface area contributed by atoms with Gasteiger partial charge in [0, 0.05) is 24.3 Å². The molecule has 2 saturated heterocycles. The summed E-state index contributed by atoms with van der Waals surface area (Å²) in [5.74, 6) is -0.292. The molecule has 28 heavy (non-hydrogen) atoms. The molecule has 2 amide bonds. The zero-order valence-corrected chi connectivity index (χ0v) is 15.3. The zero-order chi connectivity index (χ0) is 19.1. The average molecular weight is 373 g/mol. The molecule has 2 aliphatic rings. The first-order valence-electron chi connectivity index (χ1n) is 9.51. The molecule has 5 rings (SSSR count). The summed E-state index contributed by atoms with van der Waals surface area (Å²) in [6.45, 7) is 1.41. The SMILES string of the molecule is O=C1N(c2ccc(-c3ccccc3)cc2)C(c2ccccc2F)N2CCCN12. The van der Waals surface area contributed by atoms with Gasteiger partial charge < -0.3 is 0 Å². The van der Waals surface area contributed by atoms with E-state index < -0.39 is 6.17 Å². The minimum Gasteiger partial charge on any atom is -0.271 e. The molecule has 3 aromatic rings. The van der Waals surface area contributed by atoms with E-state index in [-0.39, 0.29) is 11.8 Å². The van der Waals surface area contributed by atoms with Gasteiger partial charge in [-0.2, -0.15) is 5.01 Å². The van der Waals surface area contributed by atoms with Gasteiger partial charge in [0.25, 0.3) is 0 Å². The minimum atomic E-state index is -0.459. The Hall–Kier alpha value is -3.18. The number of carbonyl (C=O) groups excluding carboxylic acids is 1. The molecule has 0 spiro atoms. The summed E-state index contributed by atoms with van der Waals surface area (Å²) >= 11 is 0. The van der Waals surface area contributed by atoms with Gasteiger partial charge in [0.1, 0.15) is 12.0 Å². The van der Waals surface area contributed by atoms with E-state index in [1.807, 2.05) is 53.5 Å². The van der Waals surface area contributed by atoms with Crippen LogP contribution >= 0.6 is 0 Å². The molecule has 2 heterocycles. The van der Waals surface area contributed by atoms with E-state index in [0.717, 1.165) is 29.8 Å². The Bertz CT molecular complexity index is 1010. The van der Waals surface area contributed by atoms with E-state index >= 15 is 0 Å². The van der Waals surface area contributed by atoms with Crippen molar-refractivity contribution in [2.45, 2.75) is 12.6 Å². The monoisotopic (exact) mass is 373 g/mol. The van der Waals surface area contributed by atoms with Crippen LogP contribution in [-0.2, 0) is 0 Å². The summed E-state index contributed by atoms with van der Waals surface area (Å²) < 4.78 is 14.6. The van der Waals surface area contributed by atoms with Crippen LogP contribution in [0.3, 0.4) is 0 Å². The predicted octanol–water partition coefficient (Wildman–Crippen LogP) is 5.05. The number of halogens is 1. The van der Waals surface area contributed by atoms with Crippen molar-refractivity contribution in [3.05, 3.63) is 90.2 Å². The molecule has 4 nitrogen and oxygen atoms in total. The number of amides is 2.